The number of fused-ring (bicyclic) bond motifs is 1. The molecular weight excluding hydrogens is 312 g/mol. The summed E-state index contributed by atoms with van der Waals surface area (Å²) in [6.45, 7) is 3.71. The van der Waals surface area contributed by atoms with E-state index in [4.69, 9.17) is 15.2 Å². The lowest BCUT2D eigenvalue weighted by molar-refractivity contribution is 0.390. The Balaban J connectivity index is 1.99. The number of nitrogens with zero attached hydrogens (tertiary/aromatic N) is 1. The van der Waals surface area contributed by atoms with Gasteiger partial charge in [-0.3, -0.25) is 0 Å². The molecule has 1 atom stereocenters. The fourth-order valence-electron chi connectivity index (χ4n) is 3.47. The second kappa shape index (κ2) is 7.62. The Morgan fingerprint density at radius 3 is 2.56 bits per heavy atom. The van der Waals surface area contributed by atoms with Crippen LogP contribution in [0.5, 0.6) is 11.5 Å². The summed E-state index contributed by atoms with van der Waals surface area (Å²) in [6, 6.07) is 14.5. The first-order valence-electron chi connectivity index (χ1n) is 8.70. The van der Waals surface area contributed by atoms with Crippen LogP contribution in [0.25, 0.3) is 10.9 Å². The molecule has 1 heterocycles. The predicted molar refractivity (Wildman–Crippen MR) is 103 cm³/mol. The van der Waals surface area contributed by atoms with Gasteiger partial charge in [0.2, 0.25) is 0 Å². The van der Waals surface area contributed by atoms with Crippen LogP contribution in [-0.4, -0.2) is 25.3 Å². The maximum absolute atomic E-state index is 6.17. The zero-order chi connectivity index (χ0) is 17.8. The molecule has 2 N–H and O–H groups in total. The lowest BCUT2D eigenvalue weighted by Crippen LogP contribution is -2.15. The van der Waals surface area contributed by atoms with E-state index >= 15 is 0 Å². The standard InChI is InChI=1S/C21H26N2O2/c1-4-23-14-19(18-7-5-6-8-20(18)23)16(13-22)11-15-9-10-17(24-2)12-21(15)25-3/h5-10,12,14,16H,4,11,13,22H2,1-3H3. The summed E-state index contributed by atoms with van der Waals surface area (Å²) < 4.78 is 13.1. The number of methoxy groups -OCH3 is 2. The lowest BCUT2D eigenvalue weighted by Gasteiger charge is -2.17. The van der Waals surface area contributed by atoms with Crippen molar-refractivity contribution < 1.29 is 9.47 Å². The summed E-state index contributed by atoms with van der Waals surface area (Å²) in [5.41, 5.74) is 9.88. The first-order chi connectivity index (χ1) is 12.2. The second-order valence-corrected chi connectivity index (χ2v) is 6.20. The van der Waals surface area contributed by atoms with Gasteiger partial charge in [0.1, 0.15) is 11.5 Å². The van der Waals surface area contributed by atoms with Crippen LogP contribution in [0.3, 0.4) is 0 Å². The van der Waals surface area contributed by atoms with Gasteiger partial charge in [0, 0.05) is 35.6 Å². The molecule has 0 spiro atoms. The summed E-state index contributed by atoms with van der Waals surface area (Å²) >= 11 is 0. The molecule has 0 amide bonds. The third-order valence-electron chi connectivity index (χ3n) is 4.84. The Bertz CT molecular complexity index is 854. The Labute approximate surface area is 149 Å². The third-order valence-corrected chi connectivity index (χ3v) is 4.84. The molecule has 0 aliphatic rings. The smallest absolute Gasteiger partial charge is 0.125 e. The van der Waals surface area contributed by atoms with E-state index in [1.165, 1.54) is 16.5 Å². The van der Waals surface area contributed by atoms with Gasteiger partial charge in [0.15, 0.2) is 0 Å². The molecule has 1 unspecified atom stereocenters. The van der Waals surface area contributed by atoms with Crippen LogP contribution >= 0.6 is 0 Å². The molecule has 132 valence electrons. The first kappa shape index (κ1) is 17.4. The fourth-order valence-corrected chi connectivity index (χ4v) is 3.47. The van der Waals surface area contributed by atoms with Gasteiger partial charge in [-0.1, -0.05) is 24.3 Å². The van der Waals surface area contributed by atoms with Crippen molar-refractivity contribution in [3.05, 3.63) is 59.8 Å². The maximum Gasteiger partial charge on any atom is 0.125 e. The van der Waals surface area contributed by atoms with Crippen molar-refractivity contribution in [1.82, 2.24) is 4.57 Å². The first-order valence-corrected chi connectivity index (χ1v) is 8.70. The maximum atomic E-state index is 6.17. The van der Waals surface area contributed by atoms with Gasteiger partial charge in [-0.25, -0.2) is 0 Å². The number of ether oxygens (including phenoxy) is 2. The molecule has 0 saturated heterocycles. The van der Waals surface area contributed by atoms with Gasteiger partial charge in [-0.2, -0.15) is 0 Å². The molecule has 4 nitrogen and oxygen atoms in total. The van der Waals surface area contributed by atoms with Gasteiger partial charge in [-0.05, 0) is 43.1 Å². The molecule has 0 aliphatic carbocycles. The van der Waals surface area contributed by atoms with Crippen molar-refractivity contribution in [2.75, 3.05) is 20.8 Å². The average Bonchev–Trinajstić information content (AvgIpc) is 3.04. The second-order valence-electron chi connectivity index (χ2n) is 6.20. The quantitative estimate of drug-likeness (QED) is 0.709. The molecule has 0 saturated carbocycles. The molecule has 3 rings (SSSR count). The summed E-state index contributed by atoms with van der Waals surface area (Å²) in [5, 5.41) is 1.28. The van der Waals surface area contributed by atoms with Gasteiger partial charge < -0.3 is 19.8 Å². The highest BCUT2D eigenvalue weighted by atomic mass is 16.5. The van der Waals surface area contributed by atoms with Gasteiger partial charge in [-0.15, -0.1) is 0 Å². The van der Waals surface area contributed by atoms with E-state index in [1.54, 1.807) is 14.2 Å². The number of hydrogen-bond acceptors (Lipinski definition) is 3. The predicted octanol–water partition coefficient (Wildman–Crippen LogP) is 3.96. The van der Waals surface area contributed by atoms with E-state index < -0.39 is 0 Å². The molecule has 2 aromatic carbocycles. The SMILES string of the molecule is CCn1cc(C(CN)Cc2ccc(OC)cc2OC)c2ccccc21. The molecule has 0 aliphatic heterocycles. The highest BCUT2D eigenvalue weighted by Gasteiger charge is 2.19. The number of rotatable bonds is 7. The largest absolute Gasteiger partial charge is 0.497 e. The zero-order valence-corrected chi connectivity index (χ0v) is 15.2. The van der Waals surface area contributed by atoms with Crippen LogP contribution in [0.15, 0.2) is 48.7 Å². The van der Waals surface area contributed by atoms with Crippen LogP contribution in [0, 0.1) is 0 Å². The summed E-state index contributed by atoms with van der Waals surface area (Å²) in [5.74, 6) is 1.88. The van der Waals surface area contributed by atoms with Crippen LogP contribution in [0.2, 0.25) is 0 Å². The number of nitrogens with two attached hydrogens (primary N) is 1. The van der Waals surface area contributed by atoms with Crippen LogP contribution in [0.1, 0.15) is 24.0 Å². The van der Waals surface area contributed by atoms with Gasteiger partial charge in [0.05, 0.1) is 14.2 Å². The minimum atomic E-state index is 0.236. The normalized spacial score (nSPS) is 12.3. The van der Waals surface area contributed by atoms with E-state index in [0.717, 1.165) is 30.0 Å². The van der Waals surface area contributed by atoms with E-state index in [1.807, 2.05) is 12.1 Å². The van der Waals surface area contributed by atoms with Crippen molar-refractivity contribution in [2.45, 2.75) is 25.8 Å². The van der Waals surface area contributed by atoms with E-state index in [9.17, 15) is 0 Å². The monoisotopic (exact) mass is 338 g/mol. The highest BCUT2D eigenvalue weighted by Crippen LogP contribution is 2.33. The van der Waals surface area contributed by atoms with Crippen LogP contribution in [0.4, 0.5) is 0 Å². The highest BCUT2D eigenvalue weighted by molar-refractivity contribution is 5.84. The number of aromatic nitrogens is 1. The summed E-state index contributed by atoms with van der Waals surface area (Å²) in [7, 11) is 3.36. The third kappa shape index (κ3) is 3.35. The Morgan fingerprint density at radius 1 is 1.08 bits per heavy atom. The molecule has 0 radical (unpaired) electrons. The molecule has 4 heteroatoms. The van der Waals surface area contributed by atoms with E-state index in [2.05, 4.69) is 48.0 Å². The van der Waals surface area contributed by atoms with Crippen molar-refractivity contribution in [2.24, 2.45) is 5.73 Å². The number of hydrogen-bond donors (Lipinski definition) is 1. The summed E-state index contributed by atoms with van der Waals surface area (Å²) in [4.78, 5) is 0. The average molecular weight is 338 g/mol. The number of para-hydroxylation sites is 1. The lowest BCUT2D eigenvalue weighted by atomic mass is 9.91. The zero-order valence-electron chi connectivity index (χ0n) is 15.2. The molecule has 1 aromatic heterocycles. The van der Waals surface area contributed by atoms with Crippen molar-refractivity contribution >= 4 is 10.9 Å². The summed E-state index contributed by atoms with van der Waals surface area (Å²) in [6.07, 6.45) is 3.08. The minimum Gasteiger partial charge on any atom is -0.497 e. The molecule has 3 aromatic rings. The Kier molecular flexibility index (Phi) is 5.29. The van der Waals surface area contributed by atoms with Crippen LogP contribution in [-0.2, 0) is 13.0 Å². The molecule has 25 heavy (non-hydrogen) atoms. The van der Waals surface area contributed by atoms with Crippen molar-refractivity contribution in [3.63, 3.8) is 0 Å². The minimum absolute atomic E-state index is 0.236. The van der Waals surface area contributed by atoms with Crippen molar-refractivity contribution in [1.29, 1.82) is 0 Å². The number of benzene rings is 2. The molecule has 0 bridgehead atoms. The molecular formula is C21H26N2O2. The van der Waals surface area contributed by atoms with E-state index in [0.29, 0.717) is 6.54 Å². The van der Waals surface area contributed by atoms with E-state index in [-0.39, 0.29) is 5.92 Å². The Morgan fingerprint density at radius 2 is 1.88 bits per heavy atom. The van der Waals surface area contributed by atoms with Gasteiger partial charge >= 0.3 is 0 Å². The number of aryl methyl sites for hydroxylation is 1. The van der Waals surface area contributed by atoms with Gasteiger partial charge in [0.25, 0.3) is 0 Å². The fraction of sp³-hybridized carbons (Fsp3) is 0.333. The van der Waals surface area contributed by atoms with Crippen LogP contribution < -0.4 is 15.2 Å². The van der Waals surface area contributed by atoms with Crippen molar-refractivity contribution in [3.8, 4) is 11.5 Å². The topological polar surface area (TPSA) is 49.4 Å². The Hall–Kier alpha value is -2.46. The molecule has 0 fully saturated rings.